The van der Waals surface area contributed by atoms with Gasteiger partial charge in [-0.05, 0) is 47.2 Å². The zero-order valence-electron chi connectivity index (χ0n) is 23.0. The van der Waals surface area contributed by atoms with E-state index < -0.39 is 23.5 Å². The third-order valence-electron chi connectivity index (χ3n) is 6.73. The van der Waals surface area contributed by atoms with Gasteiger partial charge in [-0.1, -0.05) is 27.7 Å². The highest BCUT2D eigenvalue weighted by Gasteiger charge is 2.21. The van der Waals surface area contributed by atoms with Crippen LogP contribution in [0.15, 0.2) is 58.6 Å². The van der Waals surface area contributed by atoms with Crippen molar-refractivity contribution in [2.75, 3.05) is 5.32 Å². The molecule has 0 aliphatic carbocycles. The molecule has 4 aromatic heterocycles. The molecule has 0 saturated carbocycles. The second-order valence-corrected chi connectivity index (χ2v) is 10.6. The number of alkyl halides is 2. The number of hydrogen-bond donors (Lipinski definition) is 1. The summed E-state index contributed by atoms with van der Waals surface area (Å²) in [6, 6.07) is 6.41. The molecule has 0 atom stereocenters. The minimum Gasteiger partial charge on any atom is -0.333 e. The van der Waals surface area contributed by atoms with E-state index in [0.29, 0.717) is 28.5 Å². The van der Waals surface area contributed by atoms with Gasteiger partial charge in [0.05, 0.1) is 17.8 Å². The normalized spacial score (nSPS) is 11.9. The van der Waals surface area contributed by atoms with Crippen LogP contribution in [0.5, 0.6) is 0 Å². The first-order chi connectivity index (χ1) is 19.4. The molecule has 0 aliphatic rings. The summed E-state index contributed by atoms with van der Waals surface area (Å²) in [5.74, 6) is -0.450. The Morgan fingerprint density at radius 1 is 1.05 bits per heavy atom. The van der Waals surface area contributed by atoms with Gasteiger partial charge in [0.15, 0.2) is 11.6 Å². The van der Waals surface area contributed by atoms with E-state index in [4.69, 9.17) is 0 Å². The number of aryl methyl sites for hydroxylation is 1. The van der Waals surface area contributed by atoms with Crippen LogP contribution in [-0.4, -0.2) is 34.3 Å². The van der Waals surface area contributed by atoms with Crippen molar-refractivity contribution in [3.8, 4) is 16.9 Å². The number of halogens is 3. The molecule has 212 valence electrons. The van der Waals surface area contributed by atoms with Gasteiger partial charge in [-0.25, -0.2) is 9.37 Å². The van der Waals surface area contributed by atoms with Crippen molar-refractivity contribution in [2.45, 2.75) is 46.1 Å². The molecule has 4 heterocycles. The van der Waals surface area contributed by atoms with Gasteiger partial charge in [-0.15, -0.1) is 9.90 Å². The monoisotopic (exact) mass is 564 g/mol. The fraction of sp³-hybridized carbons (Fsp3) is 0.286. The SMILES string of the molecule is CCc1c(-c2cc(Nc3cnn(C(F)F)n3)c(=O)n(C)c2)ccnc1-n1ncc2cc(C(C)(C)C)cc(F)c2c1=O. The lowest BCUT2D eigenvalue weighted by molar-refractivity contribution is 0.0416. The van der Waals surface area contributed by atoms with Crippen LogP contribution in [-0.2, 0) is 18.9 Å². The lowest BCUT2D eigenvalue weighted by Crippen LogP contribution is -2.25. The van der Waals surface area contributed by atoms with Crippen molar-refractivity contribution in [3.63, 3.8) is 0 Å². The number of fused-ring (bicyclic) bond motifs is 1. The zero-order valence-corrected chi connectivity index (χ0v) is 23.0. The number of hydrogen-bond acceptors (Lipinski definition) is 7. The average Bonchev–Trinajstić information content (AvgIpc) is 3.39. The first kappa shape index (κ1) is 27.7. The van der Waals surface area contributed by atoms with E-state index in [1.54, 1.807) is 31.4 Å². The predicted molar refractivity (Wildman–Crippen MR) is 148 cm³/mol. The highest BCUT2D eigenvalue weighted by atomic mass is 19.3. The molecule has 0 saturated heterocycles. The summed E-state index contributed by atoms with van der Waals surface area (Å²) >= 11 is 0. The Morgan fingerprint density at radius 2 is 1.80 bits per heavy atom. The van der Waals surface area contributed by atoms with Crippen LogP contribution in [0.3, 0.4) is 0 Å². The maximum absolute atomic E-state index is 15.3. The Hall–Kier alpha value is -4.81. The molecule has 0 bridgehead atoms. The largest absolute Gasteiger partial charge is 0.348 e. The molecule has 5 aromatic rings. The van der Waals surface area contributed by atoms with Crippen LogP contribution in [0.25, 0.3) is 27.7 Å². The number of nitrogens with zero attached hydrogens (tertiary/aromatic N) is 7. The molecule has 0 unspecified atom stereocenters. The van der Waals surface area contributed by atoms with Gasteiger partial charge < -0.3 is 9.88 Å². The van der Waals surface area contributed by atoms with E-state index in [2.05, 4.69) is 25.6 Å². The quantitative estimate of drug-likeness (QED) is 0.313. The molecule has 10 nitrogen and oxygen atoms in total. The van der Waals surface area contributed by atoms with E-state index >= 15 is 4.39 Å². The first-order valence-electron chi connectivity index (χ1n) is 12.8. The molecule has 0 radical (unpaired) electrons. The molecule has 5 rings (SSSR count). The standard InChI is InChI=1S/C28H27F3N8O2/c1-6-18-19(16-10-21(25(40)37(5)14-16)35-22-13-34-39(36-22)27(30)31)7-8-32-24(18)38-26(41)23-15(12-33-38)9-17(11-20(23)29)28(2,3)4/h7-14,27H,6H2,1-5H3,(H,35,36). The topological polar surface area (TPSA) is 113 Å². The number of rotatable bonds is 6. The summed E-state index contributed by atoms with van der Waals surface area (Å²) in [4.78, 5) is 31.0. The van der Waals surface area contributed by atoms with Gasteiger partial charge in [-0.3, -0.25) is 9.59 Å². The summed E-state index contributed by atoms with van der Waals surface area (Å²) < 4.78 is 43.5. The number of aromatic nitrogens is 7. The maximum Gasteiger partial charge on any atom is 0.348 e. The summed E-state index contributed by atoms with van der Waals surface area (Å²) in [5, 5.41) is 14.5. The van der Waals surface area contributed by atoms with Gasteiger partial charge in [0.2, 0.25) is 0 Å². The molecular weight excluding hydrogens is 537 g/mol. The molecule has 41 heavy (non-hydrogen) atoms. The van der Waals surface area contributed by atoms with Crippen molar-refractivity contribution in [2.24, 2.45) is 7.05 Å². The lowest BCUT2D eigenvalue weighted by Gasteiger charge is -2.20. The van der Waals surface area contributed by atoms with Gasteiger partial charge in [-0.2, -0.15) is 23.7 Å². The molecule has 0 fully saturated rings. The van der Waals surface area contributed by atoms with Gasteiger partial charge in [0.25, 0.3) is 11.1 Å². The van der Waals surface area contributed by atoms with Crippen molar-refractivity contribution >= 4 is 22.3 Å². The maximum atomic E-state index is 15.3. The van der Waals surface area contributed by atoms with Crippen molar-refractivity contribution in [3.05, 3.63) is 86.7 Å². The smallest absolute Gasteiger partial charge is 0.333 e. The molecule has 13 heteroatoms. The number of anilines is 2. The molecule has 0 spiro atoms. The summed E-state index contributed by atoms with van der Waals surface area (Å²) in [6.07, 6.45) is 6.05. The second kappa shape index (κ2) is 10.3. The van der Waals surface area contributed by atoms with Gasteiger partial charge >= 0.3 is 6.55 Å². The van der Waals surface area contributed by atoms with Crippen molar-refractivity contribution < 1.29 is 13.2 Å². The highest BCUT2D eigenvalue weighted by molar-refractivity contribution is 5.83. The van der Waals surface area contributed by atoms with E-state index in [1.807, 2.05) is 27.7 Å². The van der Waals surface area contributed by atoms with Gasteiger partial charge in [0.1, 0.15) is 11.5 Å². The fourth-order valence-corrected chi connectivity index (χ4v) is 4.61. The number of nitrogens with one attached hydrogen (secondary N) is 1. The third kappa shape index (κ3) is 5.10. The summed E-state index contributed by atoms with van der Waals surface area (Å²) in [5.41, 5.74) is 1.27. The molecule has 1 N–H and O–H groups in total. The van der Waals surface area contributed by atoms with Crippen LogP contribution < -0.4 is 16.4 Å². The summed E-state index contributed by atoms with van der Waals surface area (Å²) in [6.45, 7) is 4.81. The van der Waals surface area contributed by atoms with Gasteiger partial charge in [0, 0.05) is 36.0 Å². The van der Waals surface area contributed by atoms with Crippen LogP contribution in [0.1, 0.15) is 45.4 Å². The van der Waals surface area contributed by atoms with Crippen LogP contribution in [0.2, 0.25) is 0 Å². The van der Waals surface area contributed by atoms with E-state index in [9.17, 15) is 18.4 Å². The Kier molecular flexibility index (Phi) is 6.97. The molecular formula is C28H27F3N8O2. The molecule has 0 amide bonds. The third-order valence-corrected chi connectivity index (χ3v) is 6.73. The van der Waals surface area contributed by atoms with Crippen molar-refractivity contribution in [1.82, 2.24) is 34.3 Å². The van der Waals surface area contributed by atoms with Crippen LogP contribution in [0, 0.1) is 5.82 Å². The Bertz CT molecular complexity index is 1900. The van der Waals surface area contributed by atoms with E-state index in [1.165, 1.54) is 23.0 Å². The molecule has 0 aliphatic heterocycles. The highest BCUT2D eigenvalue weighted by Crippen LogP contribution is 2.30. The van der Waals surface area contributed by atoms with Crippen LogP contribution >= 0.6 is 0 Å². The van der Waals surface area contributed by atoms with E-state index in [0.717, 1.165) is 16.4 Å². The Balaban J connectivity index is 1.63. The Labute approximate surface area is 232 Å². The number of pyridine rings is 2. The predicted octanol–water partition coefficient (Wildman–Crippen LogP) is 4.88. The lowest BCUT2D eigenvalue weighted by atomic mass is 9.86. The minimum atomic E-state index is -2.93. The number of benzene rings is 1. The van der Waals surface area contributed by atoms with Crippen molar-refractivity contribution in [1.29, 1.82) is 0 Å². The first-order valence-corrected chi connectivity index (χ1v) is 12.8. The fourth-order valence-electron chi connectivity index (χ4n) is 4.61. The zero-order chi connectivity index (χ0) is 29.6. The molecule has 1 aromatic carbocycles. The summed E-state index contributed by atoms with van der Waals surface area (Å²) in [7, 11) is 1.55. The Morgan fingerprint density at radius 3 is 2.46 bits per heavy atom. The van der Waals surface area contributed by atoms with E-state index in [-0.39, 0.29) is 32.9 Å². The average molecular weight is 565 g/mol. The van der Waals surface area contributed by atoms with Crippen LogP contribution in [0.4, 0.5) is 24.7 Å². The second-order valence-electron chi connectivity index (χ2n) is 10.6. The minimum absolute atomic E-state index is 0.0331.